The second-order valence-electron chi connectivity index (χ2n) is 4.92. The smallest absolute Gasteiger partial charge is 0.0355 e. The van der Waals surface area contributed by atoms with Crippen LogP contribution in [0.2, 0.25) is 0 Å². The number of likely N-dealkylation sites (tertiary alicyclic amines) is 1. The average Bonchev–Trinajstić information content (AvgIpc) is 2.43. The molecule has 3 rings (SSSR count). The maximum Gasteiger partial charge on any atom is 0.0355 e. The second kappa shape index (κ2) is 1.50. The summed E-state index contributed by atoms with van der Waals surface area (Å²) in [4.78, 5) is 2.42. The zero-order chi connectivity index (χ0) is 7.69. The molecule has 0 radical (unpaired) electrons. The minimum Gasteiger partial charge on any atom is -0.323 e. The third kappa shape index (κ3) is 0.541. The number of likely N-dealkylation sites (N-methyl/N-ethyl adjacent to an activating group) is 1. The van der Waals surface area contributed by atoms with Crippen molar-refractivity contribution in [1.29, 1.82) is 0 Å². The molecule has 1 aliphatic heterocycles. The summed E-state index contributed by atoms with van der Waals surface area (Å²) < 4.78 is 0. The number of nitrogens with two attached hydrogens (primary N) is 1. The molecule has 1 spiro atoms. The molecule has 3 atom stereocenters. The molecule has 2 aliphatic carbocycles. The molecule has 0 bridgehead atoms. The SMILES string of the molecule is CN1C[C@]2(N)CC[C@H]3C[C@@]32C1. The highest BCUT2D eigenvalue weighted by atomic mass is 15.2. The predicted octanol–water partition coefficient (Wildman–Crippen LogP) is 0.429. The Kier molecular flexibility index (Phi) is 0.879. The summed E-state index contributed by atoms with van der Waals surface area (Å²) in [6.45, 7) is 2.41. The van der Waals surface area contributed by atoms with Gasteiger partial charge in [0.25, 0.3) is 0 Å². The summed E-state index contributed by atoms with van der Waals surface area (Å²) in [6, 6.07) is 0. The highest BCUT2D eigenvalue weighted by Crippen LogP contribution is 2.69. The first-order valence-corrected chi connectivity index (χ1v) is 4.64. The number of nitrogens with zero attached hydrogens (tertiary/aromatic N) is 1. The van der Waals surface area contributed by atoms with Crippen molar-refractivity contribution in [3.8, 4) is 0 Å². The summed E-state index contributed by atoms with van der Waals surface area (Å²) in [7, 11) is 2.21. The Labute approximate surface area is 67.7 Å². The minimum absolute atomic E-state index is 0.215. The van der Waals surface area contributed by atoms with Crippen LogP contribution in [0, 0.1) is 11.3 Å². The molecule has 0 aromatic carbocycles. The summed E-state index contributed by atoms with van der Waals surface area (Å²) in [5.74, 6) is 0.998. The third-order valence-corrected chi connectivity index (χ3v) is 4.27. The lowest BCUT2D eigenvalue weighted by Gasteiger charge is -2.26. The van der Waals surface area contributed by atoms with Crippen LogP contribution in [0.4, 0.5) is 0 Å². The fourth-order valence-electron chi connectivity index (χ4n) is 3.66. The molecule has 0 aromatic heterocycles. The fourth-order valence-corrected chi connectivity index (χ4v) is 3.66. The van der Waals surface area contributed by atoms with Gasteiger partial charge in [-0.3, -0.25) is 0 Å². The van der Waals surface area contributed by atoms with Crippen LogP contribution in [0.3, 0.4) is 0 Å². The molecule has 2 nitrogen and oxygen atoms in total. The van der Waals surface area contributed by atoms with Crippen LogP contribution in [0.25, 0.3) is 0 Å². The van der Waals surface area contributed by atoms with Gasteiger partial charge in [-0.15, -0.1) is 0 Å². The standard InChI is InChI=1S/C9H16N2/c1-11-5-8-4-7(8)2-3-9(8,10)6-11/h7H,2-6,10H2,1H3/t7-,8+,9+/m0/s1. The van der Waals surface area contributed by atoms with Crippen LogP contribution in [-0.2, 0) is 0 Å². The van der Waals surface area contributed by atoms with Crippen molar-refractivity contribution in [2.45, 2.75) is 24.8 Å². The van der Waals surface area contributed by atoms with Gasteiger partial charge >= 0.3 is 0 Å². The highest BCUT2D eigenvalue weighted by molar-refractivity contribution is 5.26. The van der Waals surface area contributed by atoms with Gasteiger partial charge in [0.2, 0.25) is 0 Å². The van der Waals surface area contributed by atoms with Crippen LogP contribution in [0.5, 0.6) is 0 Å². The fraction of sp³-hybridized carbons (Fsp3) is 1.00. The zero-order valence-corrected chi connectivity index (χ0v) is 7.14. The minimum atomic E-state index is 0.215. The van der Waals surface area contributed by atoms with Crippen molar-refractivity contribution in [1.82, 2.24) is 4.90 Å². The van der Waals surface area contributed by atoms with Gasteiger partial charge in [-0.25, -0.2) is 0 Å². The van der Waals surface area contributed by atoms with Crippen molar-refractivity contribution in [3.05, 3.63) is 0 Å². The van der Waals surface area contributed by atoms with Gasteiger partial charge in [0, 0.05) is 24.0 Å². The molecule has 1 saturated heterocycles. The molecule has 2 N–H and O–H groups in total. The van der Waals surface area contributed by atoms with Crippen LogP contribution in [0.15, 0.2) is 0 Å². The molecule has 2 saturated carbocycles. The van der Waals surface area contributed by atoms with E-state index in [9.17, 15) is 0 Å². The Morgan fingerprint density at radius 1 is 1.45 bits per heavy atom. The molecule has 2 heteroatoms. The number of rotatable bonds is 0. The topological polar surface area (TPSA) is 29.3 Å². The van der Waals surface area contributed by atoms with Crippen LogP contribution in [0.1, 0.15) is 19.3 Å². The monoisotopic (exact) mass is 152 g/mol. The first-order chi connectivity index (χ1) is 5.16. The van der Waals surface area contributed by atoms with Gasteiger partial charge in [-0.2, -0.15) is 0 Å². The van der Waals surface area contributed by atoms with E-state index < -0.39 is 0 Å². The summed E-state index contributed by atoms with van der Waals surface area (Å²) >= 11 is 0. The molecule has 3 fully saturated rings. The van der Waals surface area contributed by atoms with E-state index in [0.717, 1.165) is 12.5 Å². The Balaban J connectivity index is 2.01. The van der Waals surface area contributed by atoms with Gasteiger partial charge in [0.1, 0.15) is 0 Å². The summed E-state index contributed by atoms with van der Waals surface area (Å²) in [5.41, 5.74) is 7.19. The van der Waals surface area contributed by atoms with Gasteiger partial charge in [-0.05, 0) is 32.2 Å². The Bertz CT molecular complexity index is 210. The first kappa shape index (κ1) is 6.44. The molecule has 0 amide bonds. The largest absolute Gasteiger partial charge is 0.323 e. The molecule has 0 unspecified atom stereocenters. The van der Waals surface area contributed by atoms with Crippen molar-refractivity contribution >= 4 is 0 Å². The Morgan fingerprint density at radius 3 is 2.91 bits per heavy atom. The zero-order valence-electron chi connectivity index (χ0n) is 7.14. The maximum atomic E-state index is 6.39. The van der Waals surface area contributed by atoms with Crippen molar-refractivity contribution in [2.24, 2.45) is 17.1 Å². The van der Waals surface area contributed by atoms with E-state index in [0.29, 0.717) is 5.41 Å². The van der Waals surface area contributed by atoms with E-state index in [4.69, 9.17) is 5.73 Å². The first-order valence-electron chi connectivity index (χ1n) is 4.64. The lowest BCUT2D eigenvalue weighted by Crippen LogP contribution is -2.46. The third-order valence-electron chi connectivity index (χ3n) is 4.27. The summed E-state index contributed by atoms with van der Waals surface area (Å²) in [5, 5.41) is 0. The molecule has 62 valence electrons. The van der Waals surface area contributed by atoms with Crippen LogP contribution < -0.4 is 5.73 Å². The number of hydrogen-bond donors (Lipinski definition) is 1. The lowest BCUT2D eigenvalue weighted by molar-refractivity contribution is 0.339. The van der Waals surface area contributed by atoms with Crippen molar-refractivity contribution in [2.75, 3.05) is 20.1 Å². The van der Waals surface area contributed by atoms with E-state index in [2.05, 4.69) is 11.9 Å². The van der Waals surface area contributed by atoms with Gasteiger partial charge in [0.05, 0.1) is 0 Å². The second-order valence-corrected chi connectivity index (χ2v) is 4.92. The summed E-state index contributed by atoms with van der Waals surface area (Å²) in [6.07, 6.45) is 4.11. The molecular weight excluding hydrogens is 136 g/mol. The van der Waals surface area contributed by atoms with E-state index in [1.807, 2.05) is 0 Å². The maximum absolute atomic E-state index is 6.39. The molecule has 0 aromatic rings. The van der Waals surface area contributed by atoms with Gasteiger partial charge in [0.15, 0.2) is 0 Å². The number of hydrogen-bond acceptors (Lipinski definition) is 2. The Morgan fingerprint density at radius 2 is 2.27 bits per heavy atom. The van der Waals surface area contributed by atoms with E-state index in [1.54, 1.807) is 0 Å². The molecular formula is C9H16N2. The van der Waals surface area contributed by atoms with E-state index in [-0.39, 0.29) is 5.54 Å². The van der Waals surface area contributed by atoms with E-state index in [1.165, 1.54) is 25.8 Å². The van der Waals surface area contributed by atoms with Crippen LogP contribution >= 0.6 is 0 Å². The normalized spacial score (nSPS) is 61.1. The van der Waals surface area contributed by atoms with Gasteiger partial charge < -0.3 is 10.6 Å². The quantitative estimate of drug-likeness (QED) is 0.545. The van der Waals surface area contributed by atoms with Crippen LogP contribution in [-0.4, -0.2) is 30.6 Å². The van der Waals surface area contributed by atoms with Gasteiger partial charge in [-0.1, -0.05) is 0 Å². The lowest BCUT2D eigenvalue weighted by atomic mass is 9.86. The Hall–Kier alpha value is -0.0800. The van der Waals surface area contributed by atoms with E-state index >= 15 is 0 Å². The van der Waals surface area contributed by atoms with Crippen molar-refractivity contribution in [3.63, 3.8) is 0 Å². The predicted molar refractivity (Wildman–Crippen MR) is 44.2 cm³/mol. The highest BCUT2D eigenvalue weighted by Gasteiger charge is 2.71. The molecule has 1 heterocycles. The molecule has 3 aliphatic rings. The average molecular weight is 152 g/mol. The molecule has 11 heavy (non-hydrogen) atoms. The van der Waals surface area contributed by atoms with Crippen molar-refractivity contribution < 1.29 is 0 Å².